The summed E-state index contributed by atoms with van der Waals surface area (Å²) in [6.07, 6.45) is 0.339. The zero-order valence-corrected chi connectivity index (χ0v) is 26.3. The second-order valence-electron chi connectivity index (χ2n) is 12.2. The molecule has 0 aliphatic carbocycles. The van der Waals surface area contributed by atoms with Crippen molar-refractivity contribution in [3.8, 4) is 0 Å². The van der Waals surface area contributed by atoms with Crippen LogP contribution >= 0.6 is 11.3 Å². The van der Waals surface area contributed by atoms with Crippen LogP contribution in [0, 0.1) is 24.2 Å². The van der Waals surface area contributed by atoms with Gasteiger partial charge in [0.05, 0.1) is 41.4 Å². The molecule has 3 rings (SSSR count). The number of hydrogen-bond donors (Lipinski definition) is 4. The summed E-state index contributed by atoms with van der Waals surface area (Å²) in [4.78, 5) is 31.8. The van der Waals surface area contributed by atoms with Crippen LogP contribution in [0.25, 0.3) is 6.08 Å². The minimum absolute atomic E-state index is 0.134. The minimum Gasteiger partial charge on any atom is -0.457 e. The van der Waals surface area contributed by atoms with Crippen molar-refractivity contribution in [2.24, 2.45) is 17.3 Å². The maximum absolute atomic E-state index is 13.8. The number of cyclic esters (lactones) is 1. The molecule has 10 nitrogen and oxygen atoms in total. The Balaban J connectivity index is 1.94. The molecule has 0 radical (unpaired) electrons. The standard InChI is InChI=1S/C31H47NO9S/c1-17-11-9-7-8-10-12-22(18(2)13-21-16-42-20(4)32-21)39-25(34)14-24(31(5,6)29(38)19(3)26(17)35)41-30-28(37)27(36)23(15-33)40-30/h8,10,13,16-17,19,22-24,26-28,30,33,35-37H,7,9,11-12,14-15H2,1-6H3/b10-8-,18-13+/t17-,19+,22-,23+,24-,26-,27+,28+,30+/m0/s1. The van der Waals surface area contributed by atoms with Gasteiger partial charge in [-0.1, -0.05) is 39.8 Å². The summed E-state index contributed by atoms with van der Waals surface area (Å²) in [6, 6.07) is 0. The molecule has 2 aliphatic rings. The molecule has 42 heavy (non-hydrogen) atoms. The molecule has 4 N–H and O–H groups in total. The zero-order valence-electron chi connectivity index (χ0n) is 25.4. The van der Waals surface area contributed by atoms with Crippen LogP contribution in [-0.2, 0) is 23.8 Å². The highest BCUT2D eigenvalue weighted by atomic mass is 32.1. The van der Waals surface area contributed by atoms with Crippen LogP contribution in [0.3, 0.4) is 0 Å². The first-order valence-corrected chi connectivity index (χ1v) is 15.6. The number of aliphatic hydroxyl groups is 4. The summed E-state index contributed by atoms with van der Waals surface area (Å²) in [5.41, 5.74) is 0.266. The van der Waals surface area contributed by atoms with Gasteiger partial charge in [0, 0.05) is 17.7 Å². The lowest BCUT2D eigenvalue weighted by atomic mass is 9.72. The number of ketones is 1. The van der Waals surface area contributed by atoms with Crippen LogP contribution in [0.15, 0.2) is 23.1 Å². The summed E-state index contributed by atoms with van der Waals surface area (Å²) < 4.78 is 17.5. The third-order valence-electron chi connectivity index (χ3n) is 8.44. The summed E-state index contributed by atoms with van der Waals surface area (Å²) in [6.45, 7) is 10.1. The number of hydrogen-bond acceptors (Lipinski definition) is 11. The van der Waals surface area contributed by atoms with Crippen LogP contribution < -0.4 is 0 Å². The Hall–Kier alpha value is -1.99. The Bertz CT molecular complexity index is 1120. The van der Waals surface area contributed by atoms with Crippen molar-refractivity contribution in [3.63, 3.8) is 0 Å². The quantitative estimate of drug-likeness (QED) is 0.289. The number of aromatic nitrogens is 1. The highest BCUT2D eigenvalue weighted by molar-refractivity contribution is 7.09. The normalized spacial score (nSPS) is 36.5. The summed E-state index contributed by atoms with van der Waals surface area (Å²) >= 11 is 1.53. The van der Waals surface area contributed by atoms with E-state index in [0.717, 1.165) is 35.5 Å². The lowest BCUT2D eigenvalue weighted by molar-refractivity contribution is -0.218. The number of aliphatic hydroxyl groups excluding tert-OH is 4. The highest BCUT2D eigenvalue weighted by Gasteiger charge is 2.49. The van der Waals surface area contributed by atoms with Crippen LogP contribution in [0.1, 0.15) is 77.4 Å². The molecule has 0 unspecified atom stereocenters. The van der Waals surface area contributed by atoms with Gasteiger partial charge in [-0.25, -0.2) is 4.98 Å². The molecule has 1 aromatic rings. The van der Waals surface area contributed by atoms with Gasteiger partial charge >= 0.3 is 5.97 Å². The number of nitrogens with zero attached hydrogens (tertiary/aromatic N) is 1. The average molecular weight is 610 g/mol. The van der Waals surface area contributed by atoms with Gasteiger partial charge in [0.2, 0.25) is 0 Å². The second-order valence-corrected chi connectivity index (χ2v) is 13.2. The van der Waals surface area contributed by atoms with E-state index in [4.69, 9.17) is 14.2 Å². The first kappa shape index (κ1) is 34.5. The lowest BCUT2D eigenvalue weighted by Crippen LogP contribution is -2.49. The Morgan fingerprint density at radius 2 is 1.88 bits per heavy atom. The molecule has 1 fully saturated rings. The number of allylic oxidation sites excluding steroid dienone is 1. The van der Waals surface area contributed by atoms with E-state index in [1.165, 1.54) is 11.3 Å². The van der Waals surface area contributed by atoms with Crippen molar-refractivity contribution in [1.82, 2.24) is 4.98 Å². The van der Waals surface area contributed by atoms with Crippen LogP contribution in [0.5, 0.6) is 0 Å². The fourth-order valence-electron chi connectivity index (χ4n) is 5.53. The van der Waals surface area contributed by atoms with Gasteiger partial charge in [0.15, 0.2) is 6.29 Å². The maximum Gasteiger partial charge on any atom is 0.309 e. The molecule has 0 amide bonds. The van der Waals surface area contributed by atoms with Crippen molar-refractivity contribution < 1.29 is 44.2 Å². The van der Waals surface area contributed by atoms with Gasteiger partial charge in [0.25, 0.3) is 0 Å². The second kappa shape index (κ2) is 15.1. The van der Waals surface area contributed by atoms with E-state index < -0.39 is 66.8 Å². The minimum atomic E-state index is -1.50. The number of esters is 1. The van der Waals surface area contributed by atoms with E-state index in [1.54, 1.807) is 20.8 Å². The molecular weight excluding hydrogens is 562 g/mol. The predicted molar refractivity (Wildman–Crippen MR) is 158 cm³/mol. The zero-order chi connectivity index (χ0) is 31.2. The fraction of sp³-hybridized carbons (Fsp3) is 0.710. The molecule has 1 aromatic heterocycles. The van der Waals surface area contributed by atoms with Gasteiger partial charge in [-0.3, -0.25) is 9.59 Å². The number of rotatable bonds is 5. The van der Waals surface area contributed by atoms with Gasteiger partial charge in [-0.15, -0.1) is 11.3 Å². The number of carbonyl (C=O) groups excluding carboxylic acids is 2. The van der Waals surface area contributed by atoms with E-state index in [0.29, 0.717) is 6.42 Å². The van der Waals surface area contributed by atoms with Gasteiger partial charge < -0.3 is 34.6 Å². The maximum atomic E-state index is 13.8. The summed E-state index contributed by atoms with van der Waals surface area (Å²) in [5.74, 6) is -1.83. The number of ether oxygens (including phenoxy) is 3. The molecule has 11 heteroatoms. The molecule has 0 aromatic carbocycles. The Morgan fingerprint density at radius 1 is 1.17 bits per heavy atom. The Labute approximate surface area is 252 Å². The fourth-order valence-corrected chi connectivity index (χ4v) is 6.10. The molecule has 9 atom stereocenters. The molecule has 2 aliphatic heterocycles. The molecule has 1 saturated heterocycles. The highest BCUT2D eigenvalue weighted by Crippen LogP contribution is 2.36. The molecule has 0 bridgehead atoms. The van der Waals surface area contributed by atoms with Crippen molar-refractivity contribution in [3.05, 3.63) is 33.8 Å². The smallest absolute Gasteiger partial charge is 0.309 e. The third kappa shape index (κ3) is 8.56. The van der Waals surface area contributed by atoms with E-state index in [1.807, 2.05) is 44.4 Å². The third-order valence-corrected chi connectivity index (χ3v) is 9.23. The van der Waals surface area contributed by atoms with Crippen molar-refractivity contribution >= 4 is 29.2 Å². The van der Waals surface area contributed by atoms with Crippen LogP contribution in [0.2, 0.25) is 0 Å². The Morgan fingerprint density at radius 3 is 2.50 bits per heavy atom. The van der Waals surface area contributed by atoms with E-state index in [9.17, 15) is 30.0 Å². The summed E-state index contributed by atoms with van der Waals surface area (Å²) in [5, 5.41) is 44.2. The van der Waals surface area contributed by atoms with Gasteiger partial charge in [-0.2, -0.15) is 0 Å². The van der Waals surface area contributed by atoms with Crippen LogP contribution in [-0.4, -0.2) is 86.7 Å². The molecule has 0 spiro atoms. The van der Waals surface area contributed by atoms with E-state index in [-0.39, 0.29) is 18.1 Å². The van der Waals surface area contributed by atoms with Gasteiger partial charge in [-0.05, 0) is 50.7 Å². The average Bonchev–Trinajstić information content (AvgIpc) is 3.48. The predicted octanol–water partition coefficient (Wildman–Crippen LogP) is 3.34. The Kier molecular flexibility index (Phi) is 12.4. The SMILES string of the molecule is C/C(=C\c1csc(C)n1)[C@@H]1C/C=C\CCC[C@H](C)[C@H](O)[C@@H](C)C(=O)C(C)(C)[C@@H](O[C@H]2O[C@H](CO)[C@@H](O)[C@H]2O)CC(=O)O1. The number of thiazole rings is 1. The molecular formula is C31H47NO9S. The van der Waals surface area contributed by atoms with E-state index >= 15 is 0 Å². The lowest BCUT2D eigenvalue weighted by Gasteiger charge is -2.38. The number of carbonyl (C=O) groups is 2. The molecule has 3 heterocycles. The first-order valence-electron chi connectivity index (χ1n) is 14.7. The van der Waals surface area contributed by atoms with Crippen molar-refractivity contribution in [2.45, 2.75) is 117 Å². The van der Waals surface area contributed by atoms with Gasteiger partial charge in [0.1, 0.15) is 30.2 Å². The van der Waals surface area contributed by atoms with Crippen LogP contribution in [0.4, 0.5) is 0 Å². The van der Waals surface area contributed by atoms with Crippen molar-refractivity contribution in [2.75, 3.05) is 6.61 Å². The number of aryl methyl sites for hydroxylation is 1. The summed E-state index contributed by atoms with van der Waals surface area (Å²) in [7, 11) is 0. The molecule has 0 saturated carbocycles. The monoisotopic (exact) mass is 609 g/mol. The molecule has 236 valence electrons. The topological polar surface area (TPSA) is 156 Å². The first-order chi connectivity index (χ1) is 19.8. The number of Topliss-reactive ketones (excluding diaryl/α,β-unsaturated/α-hetero) is 1. The van der Waals surface area contributed by atoms with Crippen molar-refractivity contribution in [1.29, 1.82) is 0 Å². The van der Waals surface area contributed by atoms with E-state index in [2.05, 4.69) is 4.98 Å². The largest absolute Gasteiger partial charge is 0.457 e.